The fourth-order valence-electron chi connectivity index (χ4n) is 5.38. The average Bonchev–Trinajstić information content (AvgIpc) is 3.37. The van der Waals surface area contributed by atoms with E-state index in [2.05, 4.69) is 67.3 Å². The van der Waals surface area contributed by atoms with Crippen LogP contribution >= 0.6 is 11.6 Å². The minimum atomic E-state index is -0.406. The minimum absolute atomic E-state index is 0.181. The SMILES string of the molecule is [C-]#[N+]C1C(CN2CCN(c3cccc4ccccc34)CC2)=Nc2[nH]ncc2C1c1ccccc1Cl. The smallest absolute Gasteiger partial charge is 0.273 e. The van der Waals surface area contributed by atoms with Crippen molar-refractivity contribution in [3.05, 3.63) is 100 Å². The van der Waals surface area contributed by atoms with Gasteiger partial charge in [0.05, 0.1) is 12.1 Å². The number of nitrogens with zero attached hydrogens (tertiary/aromatic N) is 5. The first kappa shape index (κ1) is 21.8. The zero-order valence-corrected chi connectivity index (χ0v) is 20.0. The molecule has 6 rings (SSSR count). The van der Waals surface area contributed by atoms with E-state index in [-0.39, 0.29) is 5.92 Å². The van der Waals surface area contributed by atoms with Crippen LogP contribution in [0.1, 0.15) is 17.0 Å². The summed E-state index contributed by atoms with van der Waals surface area (Å²) in [5, 5.41) is 10.5. The maximum Gasteiger partial charge on any atom is 0.273 e. The molecule has 0 saturated carbocycles. The van der Waals surface area contributed by atoms with Crippen LogP contribution in [-0.2, 0) is 0 Å². The van der Waals surface area contributed by atoms with Gasteiger partial charge in [-0.25, -0.2) is 11.6 Å². The molecule has 1 fully saturated rings. The van der Waals surface area contributed by atoms with E-state index >= 15 is 0 Å². The van der Waals surface area contributed by atoms with E-state index in [4.69, 9.17) is 23.2 Å². The van der Waals surface area contributed by atoms with Crippen molar-refractivity contribution in [2.75, 3.05) is 37.6 Å². The highest BCUT2D eigenvalue weighted by atomic mass is 35.5. The fourth-order valence-corrected chi connectivity index (χ4v) is 5.63. The largest absolute Gasteiger partial charge is 0.368 e. The van der Waals surface area contributed by atoms with Crippen molar-refractivity contribution in [1.29, 1.82) is 0 Å². The highest BCUT2D eigenvalue weighted by Gasteiger charge is 2.41. The first-order valence-corrected chi connectivity index (χ1v) is 12.3. The van der Waals surface area contributed by atoms with Crippen LogP contribution in [0.25, 0.3) is 15.6 Å². The van der Waals surface area contributed by atoms with Gasteiger partial charge in [-0.3, -0.25) is 10.00 Å². The first-order chi connectivity index (χ1) is 17.2. The Labute approximate surface area is 209 Å². The van der Waals surface area contributed by atoms with Gasteiger partial charge in [0, 0.05) is 54.4 Å². The summed E-state index contributed by atoms with van der Waals surface area (Å²) >= 11 is 6.58. The number of aromatic amines is 1. The number of hydrogen-bond acceptors (Lipinski definition) is 4. The van der Waals surface area contributed by atoms with E-state index in [9.17, 15) is 0 Å². The number of aromatic nitrogens is 2. The van der Waals surface area contributed by atoms with Crippen LogP contribution in [0.2, 0.25) is 5.02 Å². The molecule has 0 radical (unpaired) electrons. The molecule has 2 aliphatic rings. The lowest BCUT2D eigenvalue weighted by molar-refractivity contribution is 0.290. The van der Waals surface area contributed by atoms with Crippen LogP contribution < -0.4 is 4.90 Å². The third kappa shape index (κ3) is 3.97. The zero-order chi connectivity index (χ0) is 23.8. The highest BCUT2D eigenvalue weighted by Crippen LogP contribution is 2.41. The molecule has 1 saturated heterocycles. The average molecular weight is 481 g/mol. The number of benzene rings is 3. The van der Waals surface area contributed by atoms with Crippen molar-refractivity contribution in [2.24, 2.45) is 4.99 Å². The summed E-state index contributed by atoms with van der Waals surface area (Å²) in [6.07, 6.45) is 1.78. The van der Waals surface area contributed by atoms with E-state index < -0.39 is 6.04 Å². The summed E-state index contributed by atoms with van der Waals surface area (Å²) in [6.45, 7) is 12.4. The number of hydrogen-bond donors (Lipinski definition) is 1. The standard InChI is InChI=1S/C28H25ClN6/c1-30-27-24(32-28-22(17-31-33-28)26(27)21-10-4-5-11-23(21)29)18-34-13-15-35(16-14-34)25-12-6-8-19-7-2-3-9-20(19)25/h2-12,17,26-27H,13-16,18H2,(H,31,33). The number of piperazine rings is 1. The van der Waals surface area contributed by atoms with Gasteiger partial charge in [0.15, 0.2) is 5.82 Å². The van der Waals surface area contributed by atoms with Crippen LogP contribution in [0.5, 0.6) is 0 Å². The lowest BCUT2D eigenvalue weighted by Crippen LogP contribution is -2.49. The Morgan fingerprint density at radius 2 is 1.71 bits per heavy atom. The molecule has 3 aromatic carbocycles. The van der Waals surface area contributed by atoms with Crippen molar-refractivity contribution < 1.29 is 0 Å². The van der Waals surface area contributed by atoms with Gasteiger partial charge < -0.3 is 9.74 Å². The fraction of sp³-hybridized carbons (Fsp3) is 0.250. The Morgan fingerprint density at radius 1 is 0.943 bits per heavy atom. The van der Waals surface area contributed by atoms with Crippen molar-refractivity contribution in [3.8, 4) is 0 Å². The summed E-state index contributed by atoms with van der Waals surface area (Å²) in [5.41, 5.74) is 4.05. The molecular weight excluding hydrogens is 456 g/mol. The van der Waals surface area contributed by atoms with Gasteiger partial charge in [-0.15, -0.1) is 0 Å². The summed E-state index contributed by atoms with van der Waals surface area (Å²) in [7, 11) is 0. The Bertz CT molecular complexity index is 1440. The van der Waals surface area contributed by atoms with Gasteiger partial charge in [-0.05, 0) is 23.1 Å². The van der Waals surface area contributed by atoms with Gasteiger partial charge in [-0.1, -0.05) is 66.2 Å². The normalized spacial score (nSPS) is 20.3. The number of anilines is 1. The Hall–Kier alpha value is -3.66. The van der Waals surface area contributed by atoms with Crippen molar-refractivity contribution in [3.63, 3.8) is 0 Å². The summed E-state index contributed by atoms with van der Waals surface area (Å²) in [4.78, 5) is 13.8. The molecule has 1 aromatic heterocycles. The zero-order valence-electron chi connectivity index (χ0n) is 19.2. The first-order valence-electron chi connectivity index (χ1n) is 11.9. The maximum absolute atomic E-state index is 8.05. The predicted molar refractivity (Wildman–Crippen MR) is 142 cm³/mol. The molecular formula is C28H25ClN6. The van der Waals surface area contributed by atoms with Crippen LogP contribution in [0.15, 0.2) is 77.9 Å². The molecule has 0 amide bonds. The molecule has 0 bridgehead atoms. The second-order valence-electron chi connectivity index (χ2n) is 9.11. The van der Waals surface area contributed by atoms with Crippen LogP contribution in [0, 0.1) is 6.57 Å². The number of nitrogens with one attached hydrogen (secondary N) is 1. The third-order valence-corrected chi connectivity index (χ3v) is 7.48. The Balaban J connectivity index is 1.23. The van der Waals surface area contributed by atoms with Crippen LogP contribution in [0.3, 0.4) is 0 Å². The minimum Gasteiger partial charge on any atom is -0.368 e. The number of H-pyrrole nitrogens is 1. The van der Waals surface area contributed by atoms with Gasteiger partial charge in [-0.2, -0.15) is 5.10 Å². The molecule has 174 valence electrons. The number of rotatable bonds is 4. The van der Waals surface area contributed by atoms with E-state index in [1.165, 1.54) is 16.5 Å². The molecule has 4 aromatic rings. The molecule has 7 heteroatoms. The topological polar surface area (TPSA) is 51.9 Å². The van der Waals surface area contributed by atoms with E-state index in [1.807, 2.05) is 24.3 Å². The maximum atomic E-state index is 8.05. The molecule has 35 heavy (non-hydrogen) atoms. The summed E-state index contributed by atoms with van der Waals surface area (Å²) in [6, 6.07) is 22.5. The van der Waals surface area contributed by atoms with Crippen LogP contribution in [-0.4, -0.2) is 59.6 Å². The third-order valence-electron chi connectivity index (χ3n) is 7.14. The Morgan fingerprint density at radius 3 is 2.54 bits per heavy atom. The number of fused-ring (bicyclic) bond motifs is 2. The molecule has 1 N–H and O–H groups in total. The quantitative estimate of drug-likeness (QED) is 0.390. The van der Waals surface area contributed by atoms with Crippen LogP contribution in [0.4, 0.5) is 11.5 Å². The van der Waals surface area contributed by atoms with E-state index in [0.717, 1.165) is 48.8 Å². The van der Waals surface area contributed by atoms with Gasteiger partial charge in [0.2, 0.25) is 0 Å². The van der Waals surface area contributed by atoms with Gasteiger partial charge >= 0.3 is 0 Å². The lowest BCUT2D eigenvalue weighted by Gasteiger charge is -2.37. The molecule has 6 nitrogen and oxygen atoms in total. The monoisotopic (exact) mass is 480 g/mol. The second kappa shape index (κ2) is 9.18. The second-order valence-corrected chi connectivity index (χ2v) is 9.52. The molecule has 2 atom stereocenters. The number of halogens is 1. The van der Waals surface area contributed by atoms with Crippen molar-refractivity contribution in [1.82, 2.24) is 15.1 Å². The van der Waals surface area contributed by atoms with Crippen molar-refractivity contribution in [2.45, 2.75) is 12.0 Å². The summed E-state index contributed by atoms with van der Waals surface area (Å²) in [5.74, 6) is 0.554. The van der Waals surface area contributed by atoms with Gasteiger partial charge in [0.25, 0.3) is 6.04 Å². The Kier molecular flexibility index (Phi) is 5.73. The molecule has 0 spiro atoms. The summed E-state index contributed by atoms with van der Waals surface area (Å²) < 4.78 is 0. The van der Waals surface area contributed by atoms with Crippen molar-refractivity contribution >= 4 is 39.6 Å². The predicted octanol–water partition coefficient (Wildman–Crippen LogP) is 5.54. The molecule has 2 unspecified atom stereocenters. The highest BCUT2D eigenvalue weighted by molar-refractivity contribution is 6.31. The molecule has 0 aliphatic carbocycles. The molecule has 2 aliphatic heterocycles. The molecule has 3 heterocycles. The van der Waals surface area contributed by atoms with Gasteiger partial charge in [0.1, 0.15) is 5.71 Å². The van der Waals surface area contributed by atoms with E-state index in [0.29, 0.717) is 11.6 Å². The van der Waals surface area contributed by atoms with E-state index in [1.54, 1.807) is 6.20 Å². The number of aliphatic imine (C=N–C) groups is 1. The lowest BCUT2D eigenvalue weighted by atomic mass is 9.82.